The molecule has 0 aliphatic carbocycles. The highest BCUT2D eigenvalue weighted by molar-refractivity contribution is 7.14. The number of carbonyl (C=O) groups excluding carboxylic acids is 1. The van der Waals surface area contributed by atoms with Crippen LogP contribution in [0.3, 0.4) is 0 Å². The number of ether oxygens (including phenoxy) is 1. The smallest absolute Gasteiger partial charge is 0.333 e. The van der Waals surface area contributed by atoms with Crippen molar-refractivity contribution >= 4 is 40.7 Å². The quantitative estimate of drug-likeness (QED) is 0.301. The van der Waals surface area contributed by atoms with E-state index in [9.17, 15) is 10.1 Å². The first-order valence-corrected chi connectivity index (χ1v) is 10.7. The summed E-state index contributed by atoms with van der Waals surface area (Å²) in [6, 6.07) is 17.0. The van der Waals surface area contributed by atoms with Gasteiger partial charge in [0, 0.05) is 27.6 Å². The van der Waals surface area contributed by atoms with Gasteiger partial charge in [0.25, 0.3) is 0 Å². The highest BCUT2D eigenvalue weighted by Crippen LogP contribution is 2.27. The van der Waals surface area contributed by atoms with E-state index in [4.69, 9.17) is 15.3 Å². The molecule has 0 fully saturated rings. The molecule has 0 radical (unpaired) electrons. The van der Waals surface area contributed by atoms with Gasteiger partial charge in [-0.15, -0.1) is 11.3 Å². The van der Waals surface area contributed by atoms with E-state index in [2.05, 4.69) is 11.5 Å². The molecule has 1 heterocycles. The molecule has 1 aromatic carbocycles. The number of thiophene rings is 1. The van der Waals surface area contributed by atoms with Crippen LogP contribution in [0.2, 0.25) is 0 Å². The third-order valence-electron chi connectivity index (χ3n) is 4.48. The first-order valence-electron chi connectivity index (χ1n) is 9.84. The summed E-state index contributed by atoms with van der Waals surface area (Å²) in [6.45, 7) is 8.89. The van der Waals surface area contributed by atoms with Gasteiger partial charge in [-0.25, -0.2) is 4.79 Å². The van der Waals surface area contributed by atoms with Crippen molar-refractivity contribution < 1.29 is 9.53 Å². The molecule has 0 amide bonds. The van der Waals surface area contributed by atoms with E-state index in [1.807, 2.05) is 55.5 Å². The maximum Gasteiger partial charge on any atom is 0.333 e. The second-order valence-corrected chi connectivity index (χ2v) is 7.82. The van der Waals surface area contributed by atoms with Crippen LogP contribution in [-0.2, 0) is 9.53 Å². The lowest BCUT2D eigenvalue weighted by atomic mass is 10.1. The van der Waals surface area contributed by atoms with Gasteiger partial charge < -0.3 is 9.64 Å². The molecule has 0 N–H and O–H groups in total. The minimum absolute atomic E-state index is 0.0950. The van der Waals surface area contributed by atoms with Gasteiger partial charge in [0.15, 0.2) is 0 Å². The Labute approximate surface area is 192 Å². The maximum absolute atomic E-state index is 11.5. The molecule has 0 atom stereocenters. The second-order valence-electron chi connectivity index (χ2n) is 6.71. The Kier molecular flexibility index (Phi) is 8.99. The van der Waals surface area contributed by atoms with Crippen molar-refractivity contribution in [1.82, 2.24) is 0 Å². The molecule has 0 bridgehead atoms. The fourth-order valence-corrected chi connectivity index (χ4v) is 3.68. The molecule has 0 aliphatic rings. The number of rotatable bonds is 9. The van der Waals surface area contributed by atoms with Crippen LogP contribution in [0.15, 0.2) is 54.1 Å². The lowest BCUT2D eigenvalue weighted by Crippen LogP contribution is -2.28. The van der Waals surface area contributed by atoms with E-state index in [-0.39, 0.29) is 17.1 Å². The number of carbonyl (C=O) groups is 1. The average Bonchev–Trinajstić information content (AvgIpc) is 3.27. The van der Waals surface area contributed by atoms with Crippen molar-refractivity contribution in [3.8, 4) is 18.2 Å². The monoisotopic (exact) mass is 442 g/mol. The van der Waals surface area contributed by atoms with Crippen molar-refractivity contribution in [2.45, 2.75) is 13.8 Å². The van der Waals surface area contributed by atoms with Crippen LogP contribution >= 0.6 is 11.3 Å². The van der Waals surface area contributed by atoms with Crippen LogP contribution in [0.25, 0.3) is 17.7 Å². The number of esters is 1. The minimum Gasteiger partial charge on any atom is -0.460 e. The normalized spacial score (nSPS) is 9.97. The van der Waals surface area contributed by atoms with Gasteiger partial charge in [-0.1, -0.05) is 24.8 Å². The molecule has 7 heteroatoms. The van der Waals surface area contributed by atoms with Gasteiger partial charge in [-0.05, 0) is 49.8 Å². The van der Waals surface area contributed by atoms with Crippen molar-refractivity contribution in [1.29, 1.82) is 15.8 Å². The number of nitriles is 3. The third kappa shape index (κ3) is 6.44. The first kappa shape index (κ1) is 24.2. The number of hydrogen-bond donors (Lipinski definition) is 0. The SMILES string of the molecule is C=C(C)C(=O)OCCN(CC)c1ccc(/C=C/c2ccc(C(C#N)=C(C#N)C#N)s2)cc1. The van der Waals surface area contributed by atoms with Crippen LogP contribution in [0.4, 0.5) is 5.69 Å². The minimum atomic E-state index is -0.382. The summed E-state index contributed by atoms with van der Waals surface area (Å²) in [5.41, 5.74) is 2.32. The fraction of sp³-hybridized carbons (Fsp3) is 0.200. The fourth-order valence-electron chi connectivity index (χ4n) is 2.76. The molecule has 2 rings (SSSR count). The third-order valence-corrected chi connectivity index (χ3v) is 5.55. The molecule has 0 aliphatic heterocycles. The van der Waals surface area contributed by atoms with Crippen molar-refractivity contribution in [2.75, 3.05) is 24.6 Å². The van der Waals surface area contributed by atoms with E-state index >= 15 is 0 Å². The number of nitrogens with zero attached hydrogens (tertiary/aromatic N) is 4. The highest BCUT2D eigenvalue weighted by Gasteiger charge is 2.11. The number of benzene rings is 1. The zero-order valence-electron chi connectivity index (χ0n) is 18.0. The van der Waals surface area contributed by atoms with Crippen LogP contribution in [0.5, 0.6) is 0 Å². The number of anilines is 1. The molecular weight excluding hydrogens is 420 g/mol. The summed E-state index contributed by atoms with van der Waals surface area (Å²) in [4.78, 5) is 15.1. The number of allylic oxidation sites excluding steroid dienone is 2. The van der Waals surface area contributed by atoms with Gasteiger partial charge in [0.1, 0.15) is 30.4 Å². The molecule has 160 valence electrons. The summed E-state index contributed by atoms with van der Waals surface area (Å²) in [5.74, 6) is -0.382. The summed E-state index contributed by atoms with van der Waals surface area (Å²) in [5, 5.41) is 27.3. The number of hydrogen-bond acceptors (Lipinski definition) is 7. The predicted octanol–water partition coefficient (Wildman–Crippen LogP) is 5.19. The van der Waals surface area contributed by atoms with Crippen molar-refractivity contribution in [3.63, 3.8) is 0 Å². The summed E-state index contributed by atoms with van der Waals surface area (Å²) in [7, 11) is 0. The van der Waals surface area contributed by atoms with E-state index in [1.54, 1.807) is 25.1 Å². The van der Waals surface area contributed by atoms with E-state index < -0.39 is 0 Å². The van der Waals surface area contributed by atoms with E-state index in [1.165, 1.54) is 11.3 Å². The summed E-state index contributed by atoms with van der Waals surface area (Å²) >= 11 is 1.34. The second kappa shape index (κ2) is 11.9. The predicted molar refractivity (Wildman–Crippen MR) is 127 cm³/mol. The standard InChI is InChI=1S/C25H22N4O2S/c1-4-29(13-14-31-25(30)18(2)3)21-8-5-19(6-9-21)7-10-22-11-12-24(32-22)23(17-28)20(15-26)16-27/h5-12H,2,4,13-14H2,1,3H3/b10-7+. The van der Waals surface area contributed by atoms with Gasteiger partial charge in [-0.2, -0.15) is 15.8 Å². The molecule has 6 nitrogen and oxygen atoms in total. The van der Waals surface area contributed by atoms with E-state index in [0.717, 1.165) is 22.7 Å². The molecule has 0 unspecified atom stereocenters. The van der Waals surface area contributed by atoms with Gasteiger partial charge in [-0.3, -0.25) is 0 Å². The van der Waals surface area contributed by atoms with Crippen LogP contribution in [0, 0.1) is 34.0 Å². The zero-order valence-corrected chi connectivity index (χ0v) is 18.8. The first-order chi connectivity index (χ1) is 15.4. The zero-order chi connectivity index (χ0) is 23.5. The molecule has 1 aromatic heterocycles. The Morgan fingerprint density at radius 2 is 1.78 bits per heavy atom. The highest BCUT2D eigenvalue weighted by atomic mass is 32.1. The Morgan fingerprint density at radius 1 is 1.09 bits per heavy atom. The largest absolute Gasteiger partial charge is 0.460 e. The molecule has 32 heavy (non-hydrogen) atoms. The molecule has 0 saturated heterocycles. The Balaban J connectivity index is 2.06. The van der Waals surface area contributed by atoms with Crippen LogP contribution in [0.1, 0.15) is 29.2 Å². The van der Waals surface area contributed by atoms with Gasteiger partial charge in [0.05, 0.1) is 12.1 Å². The van der Waals surface area contributed by atoms with Crippen LogP contribution < -0.4 is 4.90 Å². The molecule has 0 saturated carbocycles. The number of likely N-dealkylation sites (N-methyl/N-ethyl adjacent to an activating group) is 1. The van der Waals surface area contributed by atoms with Crippen molar-refractivity contribution in [3.05, 3.63) is 69.4 Å². The van der Waals surface area contributed by atoms with E-state index in [0.29, 0.717) is 23.6 Å². The maximum atomic E-state index is 11.5. The lowest BCUT2D eigenvalue weighted by molar-refractivity contribution is -0.138. The Morgan fingerprint density at radius 3 is 2.34 bits per heavy atom. The van der Waals surface area contributed by atoms with Gasteiger partial charge >= 0.3 is 5.97 Å². The van der Waals surface area contributed by atoms with Crippen LogP contribution in [-0.4, -0.2) is 25.7 Å². The molecule has 0 spiro atoms. The molecular formula is C25H22N4O2S. The summed E-state index contributed by atoms with van der Waals surface area (Å²) in [6.07, 6.45) is 3.88. The Bertz CT molecular complexity index is 1150. The lowest BCUT2D eigenvalue weighted by Gasteiger charge is -2.23. The van der Waals surface area contributed by atoms with Crippen molar-refractivity contribution in [2.24, 2.45) is 0 Å². The topological polar surface area (TPSA) is 101 Å². The molecule has 2 aromatic rings. The van der Waals surface area contributed by atoms with Gasteiger partial charge in [0.2, 0.25) is 0 Å². The summed E-state index contributed by atoms with van der Waals surface area (Å²) < 4.78 is 5.18. The Hall–Kier alpha value is -4.12. The average molecular weight is 443 g/mol.